The van der Waals surface area contributed by atoms with Crippen molar-refractivity contribution >= 4 is 23.2 Å². The molecule has 0 aliphatic carbocycles. The first kappa shape index (κ1) is 23.5. The van der Waals surface area contributed by atoms with Crippen LogP contribution in [0, 0.1) is 12.7 Å². The Balaban J connectivity index is 1.42. The number of aliphatic hydroxyl groups excluding tert-OH is 1. The van der Waals surface area contributed by atoms with Crippen molar-refractivity contribution in [2.45, 2.75) is 26.0 Å². The molecular formula is C23H29ClFN3O3. The maximum atomic E-state index is 13.6. The number of halogens is 2. The van der Waals surface area contributed by atoms with Gasteiger partial charge in [0.25, 0.3) is 0 Å². The van der Waals surface area contributed by atoms with Crippen molar-refractivity contribution in [2.24, 2.45) is 0 Å². The molecule has 1 aliphatic rings. The van der Waals surface area contributed by atoms with Gasteiger partial charge in [-0.3, -0.25) is 14.6 Å². The van der Waals surface area contributed by atoms with Crippen LogP contribution in [0.4, 0.5) is 10.1 Å². The second-order valence-corrected chi connectivity index (χ2v) is 8.41. The van der Waals surface area contributed by atoms with Crippen LogP contribution >= 0.6 is 11.6 Å². The van der Waals surface area contributed by atoms with Crippen LogP contribution in [0.2, 0.25) is 5.02 Å². The SMILES string of the molecule is Cc1ccc(NC(=O)CN2CCN(C[C@@H](O)COc3ccccc3F)[C@@H](C)C2)c(Cl)c1. The summed E-state index contributed by atoms with van der Waals surface area (Å²) in [5.41, 5.74) is 1.65. The van der Waals surface area contributed by atoms with Crippen molar-refractivity contribution in [3.05, 3.63) is 58.9 Å². The van der Waals surface area contributed by atoms with Crippen molar-refractivity contribution in [2.75, 3.05) is 44.6 Å². The highest BCUT2D eigenvalue weighted by Crippen LogP contribution is 2.23. The number of nitrogens with one attached hydrogen (secondary N) is 1. The van der Waals surface area contributed by atoms with E-state index in [2.05, 4.69) is 22.0 Å². The number of β-amino-alcohol motifs (C(OH)–C–C–N with tert-alkyl or cyclic N) is 1. The number of nitrogens with zero attached hydrogens (tertiary/aromatic N) is 2. The number of amides is 1. The van der Waals surface area contributed by atoms with Crippen LogP contribution in [0.25, 0.3) is 0 Å². The zero-order valence-electron chi connectivity index (χ0n) is 17.9. The molecule has 1 saturated heterocycles. The van der Waals surface area contributed by atoms with Crippen molar-refractivity contribution in [3.8, 4) is 5.75 Å². The van der Waals surface area contributed by atoms with Gasteiger partial charge >= 0.3 is 0 Å². The van der Waals surface area contributed by atoms with Gasteiger partial charge in [-0.15, -0.1) is 0 Å². The van der Waals surface area contributed by atoms with Gasteiger partial charge in [0, 0.05) is 32.2 Å². The van der Waals surface area contributed by atoms with Crippen molar-refractivity contribution in [3.63, 3.8) is 0 Å². The largest absolute Gasteiger partial charge is 0.488 e. The molecule has 1 heterocycles. The number of carbonyl (C=O) groups excluding carboxylic acids is 1. The molecule has 0 saturated carbocycles. The zero-order valence-corrected chi connectivity index (χ0v) is 18.6. The second-order valence-electron chi connectivity index (χ2n) is 8.01. The van der Waals surface area contributed by atoms with E-state index in [1.165, 1.54) is 12.1 Å². The molecule has 8 heteroatoms. The maximum Gasteiger partial charge on any atom is 0.238 e. The van der Waals surface area contributed by atoms with Gasteiger partial charge < -0.3 is 15.2 Å². The fourth-order valence-electron chi connectivity index (χ4n) is 3.67. The van der Waals surface area contributed by atoms with Crippen LogP contribution in [-0.2, 0) is 4.79 Å². The minimum atomic E-state index is -0.736. The lowest BCUT2D eigenvalue weighted by atomic mass is 10.1. The van der Waals surface area contributed by atoms with Gasteiger partial charge in [-0.1, -0.05) is 29.8 Å². The standard InChI is InChI=1S/C23H29ClFN3O3/c1-16-7-8-21(19(24)11-16)26-23(30)14-27-9-10-28(17(2)12-27)13-18(29)15-31-22-6-4-3-5-20(22)25/h3-8,11,17-18,29H,9-10,12-15H2,1-2H3,(H,26,30)/t17-,18+/m0/s1. The normalized spacial score (nSPS) is 18.5. The summed E-state index contributed by atoms with van der Waals surface area (Å²) in [6.07, 6.45) is -0.736. The molecule has 3 rings (SSSR count). The number of ether oxygens (including phenoxy) is 1. The first-order chi connectivity index (χ1) is 14.8. The van der Waals surface area contributed by atoms with Crippen LogP contribution < -0.4 is 10.1 Å². The summed E-state index contributed by atoms with van der Waals surface area (Å²) in [6.45, 7) is 6.86. The summed E-state index contributed by atoms with van der Waals surface area (Å²) in [7, 11) is 0. The van der Waals surface area contributed by atoms with Crippen LogP contribution in [-0.4, -0.2) is 72.3 Å². The lowest BCUT2D eigenvalue weighted by Gasteiger charge is -2.40. The number of hydrogen-bond acceptors (Lipinski definition) is 5. The summed E-state index contributed by atoms with van der Waals surface area (Å²) < 4.78 is 19.0. The van der Waals surface area contributed by atoms with Crippen LogP contribution in [0.15, 0.2) is 42.5 Å². The van der Waals surface area contributed by atoms with Crippen LogP contribution in [0.1, 0.15) is 12.5 Å². The molecule has 31 heavy (non-hydrogen) atoms. The number of carbonyl (C=O) groups is 1. The van der Waals surface area contributed by atoms with E-state index < -0.39 is 11.9 Å². The predicted molar refractivity (Wildman–Crippen MR) is 120 cm³/mol. The molecule has 2 aromatic carbocycles. The van der Waals surface area contributed by atoms with Gasteiger partial charge in [0.1, 0.15) is 12.7 Å². The number of rotatable bonds is 8. The molecule has 6 nitrogen and oxygen atoms in total. The van der Waals surface area contributed by atoms with Gasteiger partial charge in [-0.25, -0.2) is 4.39 Å². The monoisotopic (exact) mass is 449 g/mol. The molecule has 0 bridgehead atoms. The Labute approximate surface area is 187 Å². The number of aliphatic hydroxyl groups is 1. The van der Waals surface area contributed by atoms with E-state index in [4.69, 9.17) is 16.3 Å². The molecule has 168 valence electrons. The van der Waals surface area contributed by atoms with E-state index in [0.717, 1.165) is 12.1 Å². The van der Waals surface area contributed by atoms with Gasteiger partial charge in [0.2, 0.25) is 5.91 Å². The lowest BCUT2D eigenvalue weighted by Crippen LogP contribution is -2.55. The Morgan fingerprint density at radius 2 is 2.10 bits per heavy atom. The molecule has 1 amide bonds. The fraction of sp³-hybridized carbons (Fsp3) is 0.435. The fourth-order valence-corrected chi connectivity index (χ4v) is 3.95. The number of hydrogen-bond donors (Lipinski definition) is 2. The third-order valence-corrected chi connectivity index (χ3v) is 5.64. The highest BCUT2D eigenvalue weighted by Gasteiger charge is 2.26. The third kappa shape index (κ3) is 6.90. The van der Waals surface area contributed by atoms with Gasteiger partial charge in [-0.2, -0.15) is 0 Å². The zero-order chi connectivity index (χ0) is 22.4. The maximum absolute atomic E-state index is 13.6. The molecule has 2 atom stereocenters. The van der Waals surface area contributed by atoms with E-state index in [1.54, 1.807) is 18.2 Å². The van der Waals surface area contributed by atoms with E-state index in [1.807, 2.05) is 19.1 Å². The molecule has 1 fully saturated rings. The minimum Gasteiger partial charge on any atom is -0.488 e. The van der Waals surface area contributed by atoms with E-state index in [0.29, 0.717) is 30.3 Å². The number of para-hydroxylation sites is 1. The second kappa shape index (κ2) is 10.9. The van der Waals surface area contributed by atoms with E-state index in [-0.39, 0.29) is 30.9 Å². The first-order valence-corrected chi connectivity index (χ1v) is 10.8. The van der Waals surface area contributed by atoms with Gasteiger partial charge in [0.05, 0.1) is 17.3 Å². The molecule has 1 aliphatic heterocycles. The van der Waals surface area contributed by atoms with E-state index in [9.17, 15) is 14.3 Å². The Hall–Kier alpha value is -2.19. The topological polar surface area (TPSA) is 65.0 Å². The summed E-state index contributed by atoms with van der Waals surface area (Å²) in [4.78, 5) is 16.7. The molecule has 0 spiro atoms. The Bertz CT molecular complexity index is 898. The Kier molecular flexibility index (Phi) is 8.26. The van der Waals surface area contributed by atoms with Crippen molar-refractivity contribution in [1.29, 1.82) is 0 Å². The van der Waals surface area contributed by atoms with Crippen LogP contribution in [0.5, 0.6) is 5.75 Å². The quantitative estimate of drug-likeness (QED) is 0.648. The van der Waals surface area contributed by atoms with Crippen molar-refractivity contribution in [1.82, 2.24) is 9.80 Å². The lowest BCUT2D eigenvalue weighted by molar-refractivity contribution is -0.118. The predicted octanol–water partition coefficient (Wildman–Crippen LogP) is 3.17. The van der Waals surface area contributed by atoms with Crippen molar-refractivity contribution < 1.29 is 19.0 Å². The smallest absolute Gasteiger partial charge is 0.238 e. The van der Waals surface area contributed by atoms with Gasteiger partial charge in [0.15, 0.2) is 11.6 Å². The van der Waals surface area contributed by atoms with E-state index >= 15 is 0 Å². The third-order valence-electron chi connectivity index (χ3n) is 5.33. The highest BCUT2D eigenvalue weighted by atomic mass is 35.5. The molecule has 0 aromatic heterocycles. The van der Waals surface area contributed by atoms with Gasteiger partial charge in [-0.05, 0) is 43.7 Å². The summed E-state index contributed by atoms with van der Waals surface area (Å²) >= 11 is 6.19. The number of benzene rings is 2. The Morgan fingerprint density at radius 3 is 2.81 bits per heavy atom. The number of piperazine rings is 1. The average molecular weight is 450 g/mol. The summed E-state index contributed by atoms with van der Waals surface area (Å²) in [5, 5.41) is 13.7. The molecule has 0 unspecified atom stereocenters. The average Bonchev–Trinajstić information content (AvgIpc) is 2.71. The number of aryl methyl sites for hydroxylation is 1. The summed E-state index contributed by atoms with van der Waals surface area (Å²) in [6, 6.07) is 11.8. The van der Waals surface area contributed by atoms with Crippen LogP contribution in [0.3, 0.4) is 0 Å². The Morgan fingerprint density at radius 1 is 1.32 bits per heavy atom. The summed E-state index contributed by atoms with van der Waals surface area (Å²) in [5.74, 6) is -0.411. The first-order valence-electron chi connectivity index (χ1n) is 10.4. The molecule has 2 N–H and O–H groups in total. The highest BCUT2D eigenvalue weighted by molar-refractivity contribution is 6.33. The molecular weight excluding hydrogens is 421 g/mol. The molecule has 2 aromatic rings. The minimum absolute atomic E-state index is 0.0214. The molecule has 0 radical (unpaired) electrons. The number of anilines is 1.